The van der Waals surface area contributed by atoms with Gasteiger partial charge in [0.05, 0.1) is 11.2 Å². The molecule has 0 unspecified atom stereocenters. The van der Waals surface area contributed by atoms with Crippen molar-refractivity contribution in [3.8, 4) is 5.88 Å². The first-order chi connectivity index (χ1) is 8.59. The lowest BCUT2D eigenvalue weighted by Crippen LogP contribution is -2.47. The lowest BCUT2D eigenvalue weighted by molar-refractivity contribution is 0.168. The number of aromatic nitrogens is 2. The highest BCUT2D eigenvalue weighted by molar-refractivity contribution is 5.16. The van der Waals surface area contributed by atoms with E-state index in [9.17, 15) is 0 Å². The van der Waals surface area contributed by atoms with Gasteiger partial charge in [-0.25, -0.2) is 9.97 Å². The molecule has 1 fully saturated rings. The van der Waals surface area contributed by atoms with Crippen LogP contribution < -0.4 is 10.5 Å². The van der Waals surface area contributed by atoms with Crippen molar-refractivity contribution in [2.24, 2.45) is 5.73 Å². The van der Waals surface area contributed by atoms with E-state index in [0.717, 1.165) is 18.5 Å². The maximum atomic E-state index is 6.34. The molecule has 1 aliphatic carbocycles. The fraction of sp³-hybridized carbons (Fsp3) is 0.714. The molecular weight excluding hydrogens is 226 g/mol. The van der Waals surface area contributed by atoms with Crippen LogP contribution in [0.15, 0.2) is 12.4 Å². The summed E-state index contributed by atoms with van der Waals surface area (Å²) in [5, 5.41) is 0. The van der Waals surface area contributed by atoms with Crippen LogP contribution in [-0.4, -0.2) is 22.1 Å². The van der Waals surface area contributed by atoms with Crippen molar-refractivity contribution in [2.45, 2.75) is 57.4 Å². The van der Waals surface area contributed by atoms with Crippen LogP contribution >= 0.6 is 0 Å². The van der Waals surface area contributed by atoms with Crippen LogP contribution in [0.3, 0.4) is 0 Å². The second-order valence-electron chi connectivity index (χ2n) is 5.65. The predicted octanol–water partition coefficient (Wildman–Crippen LogP) is 2.64. The van der Waals surface area contributed by atoms with Gasteiger partial charge in [0.25, 0.3) is 0 Å². The molecule has 0 aliphatic heterocycles. The van der Waals surface area contributed by atoms with Crippen molar-refractivity contribution in [3.05, 3.63) is 18.1 Å². The molecule has 0 bridgehead atoms. The minimum Gasteiger partial charge on any atom is -0.476 e. The molecule has 1 heterocycles. The number of ether oxygens (including phenoxy) is 1. The third-order valence-electron chi connectivity index (χ3n) is 3.61. The second kappa shape index (κ2) is 5.65. The molecule has 0 aromatic carbocycles. The normalized spacial score (nSPS) is 18.9. The molecule has 2 rings (SSSR count). The minimum absolute atomic E-state index is 0.165. The zero-order valence-electron chi connectivity index (χ0n) is 11.4. The standard InChI is InChI=1S/C14H23N3O/c1-11(2)12-8-13(17-10-16-12)18-9-14(15)6-4-3-5-7-14/h8,10-11H,3-7,9,15H2,1-2H3. The molecule has 0 radical (unpaired) electrons. The average Bonchev–Trinajstić information content (AvgIpc) is 2.38. The van der Waals surface area contributed by atoms with Crippen LogP contribution in [0.25, 0.3) is 0 Å². The third kappa shape index (κ3) is 3.42. The minimum atomic E-state index is -0.165. The lowest BCUT2D eigenvalue weighted by atomic mass is 9.83. The molecule has 18 heavy (non-hydrogen) atoms. The molecule has 1 aromatic heterocycles. The fourth-order valence-corrected chi connectivity index (χ4v) is 2.37. The number of hydrogen-bond donors (Lipinski definition) is 1. The highest BCUT2D eigenvalue weighted by Gasteiger charge is 2.28. The quantitative estimate of drug-likeness (QED) is 0.891. The van der Waals surface area contributed by atoms with Gasteiger partial charge in [0.2, 0.25) is 5.88 Å². The van der Waals surface area contributed by atoms with E-state index < -0.39 is 0 Å². The molecule has 1 saturated carbocycles. The van der Waals surface area contributed by atoms with Crippen molar-refractivity contribution < 1.29 is 4.74 Å². The number of nitrogens with zero attached hydrogens (tertiary/aromatic N) is 2. The molecule has 2 N–H and O–H groups in total. The first-order valence-electron chi connectivity index (χ1n) is 6.83. The average molecular weight is 249 g/mol. The monoisotopic (exact) mass is 249 g/mol. The molecule has 0 amide bonds. The molecule has 4 heteroatoms. The van der Waals surface area contributed by atoms with E-state index in [-0.39, 0.29) is 5.54 Å². The highest BCUT2D eigenvalue weighted by Crippen LogP contribution is 2.26. The predicted molar refractivity (Wildman–Crippen MR) is 71.6 cm³/mol. The zero-order chi connectivity index (χ0) is 13.0. The van der Waals surface area contributed by atoms with E-state index in [1.807, 2.05) is 6.07 Å². The van der Waals surface area contributed by atoms with Gasteiger partial charge in [-0.05, 0) is 18.8 Å². The second-order valence-corrected chi connectivity index (χ2v) is 5.65. The lowest BCUT2D eigenvalue weighted by Gasteiger charge is -2.32. The van der Waals surface area contributed by atoms with Crippen molar-refractivity contribution in [1.82, 2.24) is 9.97 Å². The Labute approximate surface area is 109 Å². The summed E-state index contributed by atoms with van der Waals surface area (Å²) in [6, 6.07) is 1.91. The van der Waals surface area contributed by atoms with E-state index >= 15 is 0 Å². The molecule has 100 valence electrons. The number of nitrogens with two attached hydrogens (primary N) is 1. The fourth-order valence-electron chi connectivity index (χ4n) is 2.37. The summed E-state index contributed by atoms with van der Waals surface area (Å²) in [5.74, 6) is 1.03. The Morgan fingerprint density at radius 3 is 2.67 bits per heavy atom. The number of hydrogen-bond acceptors (Lipinski definition) is 4. The molecule has 0 spiro atoms. The Kier molecular flexibility index (Phi) is 4.17. The van der Waals surface area contributed by atoms with Crippen LogP contribution in [0, 0.1) is 0 Å². The van der Waals surface area contributed by atoms with E-state index in [1.54, 1.807) is 6.33 Å². The summed E-state index contributed by atoms with van der Waals surface area (Å²) in [6.07, 6.45) is 7.38. The van der Waals surface area contributed by atoms with Gasteiger partial charge in [-0.2, -0.15) is 0 Å². The molecule has 1 aromatic rings. The number of rotatable bonds is 4. The zero-order valence-corrected chi connectivity index (χ0v) is 11.4. The Morgan fingerprint density at radius 2 is 2.00 bits per heavy atom. The first kappa shape index (κ1) is 13.3. The van der Waals surface area contributed by atoms with Crippen LogP contribution in [0.1, 0.15) is 57.6 Å². The Hall–Kier alpha value is -1.16. The molecule has 0 atom stereocenters. The van der Waals surface area contributed by atoms with Crippen molar-refractivity contribution in [3.63, 3.8) is 0 Å². The van der Waals surface area contributed by atoms with E-state index in [4.69, 9.17) is 10.5 Å². The molecule has 4 nitrogen and oxygen atoms in total. The summed E-state index contributed by atoms with van der Waals surface area (Å²) in [5.41, 5.74) is 7.18. The smallest absolute Gasteiger partial charge is 0.216 e. The first-order valence-corrected chi connectivity index (χ1v) is 6.83. The largest absolute Gasteiger partial charge is 0.476 e. The van der Waals surface area contributed by atoms with Crippen molar-refractivity contribution in [2.75, 3.05) is 6.61 Å². The summed E-state index contributed by atoms with van der Waals surface area (Å²) >= 11 is 0. The maximum Gasteiger partial charge on any atom is 0.216 e. The van der Waals surface area contributed by atoms with Gasteiger partial charge in [-0.15, -0.1) is 0 Å². The Bertz CT molecular complexity index is 386. The van der Waals surface area contributed by atoms with E-state index in [0.29, 0.717) is 18.4 Å². The Morgan fingerprint density at radius 1 is 1.28 bits per heavy atom. The van der Waals surface area contributed by atoms with Gasteiger partial charge < -0.3 is 10.5 Å². The molecular formula is C14H23N3O. The summed E-state index contributed by atoms with van der Waals surface area (Å²) in [7, 11) is 0. The van der Waals surface area contributed by atoms with Gasteiger partial charge in [-0.1, -0.05) is 33.1 Å². The summed E-state index contributed by atoms with van der Waals surface area (Å²) in [6.45, 7) is 4.77. The van der Waals surface area contributed by atoms with Crippen molar-refractivity contribution >= 4 is 0 Å². The summed E-state index contributed by atoms with van der Waals surface area (Å²) in [4.78, 5) is 8.38. The van der Waals surface area contributed by atoms with Gasteiger partial charge in [0.1, 0.15) is 12.9 Å². The topological polar surface area (TPSA) is 61.0 Å². The van der Waals surface area contributed by atoms with Gasteiger partial charge in [-0.3, -0.25) is 0 Å². The SMILES string of the molecule is CC(C)c1cc(OCC2(N)CCCCC2)ncn1. The third-order valence-corrected chi connectivity index (χ3v) is 3.61. The van der Waals surface area contributed by atoms with Crippen molar-refractivity contribution in [1.29, 1.82) is 0 Å². The van der Waals surface area contributed by atoms with Crippen LogP contribution in [0.2, 0.25) is 0 Å². The van der Waals surface area contributed by atoms with Crippen LogP contribution in [0.4, 0.5) is 0 Å². The highest BCUT2D eigenvalue weighted by atomic mass is 16.5. The van der Waals surface area contributed by atoms with Crippen LogP contribution in [-0.2, 0) is 0 Å². The van der Waals surface area contributed by atoms with Gasteiger partial charge >= 0.3 is 0 Å². The van der Waals surface area contributed by atoms with Gasteiger partial charge in [0.15, 0.2) is 0 Å². The van der Waals surface area contributed by atoms with E-state index in [2.05, 4.69) is 23.8 Å². The maximum absolute atomic E-state index is 6.34. The molecule has 0 saturated heterocycles. The molecule has 1 aliphatic rings. The van der Waals surface area contributed by atoms with E-state index in [1.165, 1.54) is 19.3 Å². The Balaban J connectivity index is 1.95. The van der Waals surface area contributed by atoms with Crippen LogP contribution in [0.5, 0.6) is 5.88 Å². The summed E-state index contributed by atoms with van der Waals surface area (Å²) < 4.78 is 5.76. The van der Waals surface area contributed by atoms with Gasteiger partial charge in [0, 0.05) is 6.07 Å².